The minimum Gasteiger partial charge on any atom is -0.452 e. The van der Waals surface area contributed by atoms with E-state index < -0.39 is 5.82 Å². The maximum Gasteiger partial charge on any atom is 0.258 e. The van der Waals surface area contributed by atoms with Crippen molar-refractivity contribution in [2.45, 2.75) is 13.1 Å². The van der Waals surface area contributed by atoms with E-state index in [4.69, 9.17) is 16.3 Å². The van der Waals surface area contributed by atoms with Crippen LogP contribution in [0.2, 0.25) is 5.02 Å². The molecule has 5 rings (SSSR count). The predicted molar refractivity (Wildman–Crippen MR) is 138 cm³/mol. The second-order valence-electron chi connectivity index (χ2n) is 8.41. The first-order valence-corrected chi connectivity index (χ1v) is 11.7. The Hall–Kier alpha value is -4.40. The number of amides is 1. The number of halogens is 2. The molecule has 0 N–H and O–H groups in total. The molecule has 1 aliphatic heterocycles. The summed E-state index contributed by atoms with van der Waals surface area (Å²) in [6.07, 6.45) is 4.03. The van der Waals surface area contributed by atoms with Crippen LogP contribution >= 0.6 is 11.6 Å². The highest BCUT2D eigenvalue weighted by molar-refractivity contribution is 6.30. The van der Waals surface area contributed by atoms with Gasteiger partial charge in [0.25, 0.3) is 5.91 Å². The number of carbonyl (C=O) groups is 1. The van der Waals surface area contributed by atoms with E-state index >= 15 is 0 Å². The topological polar surface area (TPSA) is 53.3 Å². The monoisotopic (exact) mass is 494 g/mol. The Kier molecular flexibility index (Phi) is 6.53. The highest BCUT2D eigenvalue weighted by Crippen LogP contribution is 2.36. The molecule has 0 unspecified atom stereocenters. The average molecular weight is 495 g/mol. The number of ether oxygens (including phenoxy) is 1. The van der Waals surface area contributed by atoms with E-state index in [-0.39, 0.29) is 23.0 Å². The third-order valence-electron chi connectivity index (χ3n) is 5.97. The van der Waals surface area contributed by atoms with Crippen LogP contribution in [0.3, 0.4) is 0 Å². The van der Waals surface area contributed by atoms with E-state index in [1.807, 2.05) is 72.8 Å². The fourth-order valence-electron chi connectivity index (χ4n) is 4.13. The molecule has 1 aliphatic rings. The van der Waals surface area contributed by atoms with Crippen LogP contribution in [0.1, 0.15) is 38.2 Å². The maximum atomic E-state index is 14.4. The Bertz CT molecular complexity index is 1510. The van der Waals surface area contributed by atoms with Crippen molar-refractivity contribution < 1.29 is 13.9 Å². The minimum absolute atomic E-state index is 0.0695. The molecule has 0 bridgehead atoms. The molecular weight excluding hydrogens is 475 g/mol. The molecule has 0 atom stereocenters. The van der Waals surface area contributed by atoms with Gasteiger partial charge in [-0.25, -0.2) is 4.39 Å². The normalized spacial score (nSPS) is 12.6. The Balaban J connectivity index is 1.31. The third kappa shape index (κ3) is 4.86. The van der Waals surface area contributed by atoms with E-state index in [1.165, 1.54) is 18.2 Å². The molecule has 4 aromatic rings. The molecule has 0 spiro atoms. The smallest absolute Gasteiger partial charge is 0.258 e. The van der Waals surface area contributed by atoms with Gasteiger partial charge in [-0.05, 0) is 52.6 Å². The lowest BCUT2D eigenvalue weighted by molar-refractivity contribution is 0.0764. The Morgan fingerprint density at radius 3 is 2.31 bits per heavy atom. The van der Waals surface area contributed by atoms with Gasteiger partial charge >= 0.3 is 0 Å². The van der Waals surface area contributed by atoms with E-state index in [0.717, 1.165) is 22.3 Å². The van der Waals surface area contributed by atoms with Gasteiger partial charge in [0.1, 0.15) is 11.8 Å². The molecule has 0 radical (unpaired) electrons. The molecule has 0 saturated carbocycles. The van der Waals surface area contributed by atoms with Crippen LogP contribution in [-0.4, -0.2) is 10.8 Å². The van der Waals surface area contributed by atoms with Gasteiger partial charge < -0.3 is 9.64 Å². The predicted octanol–water partition coefficient (Wildman–Crippen LogP) is 7.47. The molecule has 6 heteroatoms. The van der Waals surface area contributed by atoms with Crippen molar-refractivity contribution in [3.8, 4) is 17.6 Å². The van der Waals surface area contributed by atoms with Crippen LogP contribution in [0.4, 0.5) is 4.39 Å². The molecule has 4 aromatic carbocycles. The zero-order valence-electron chi connectivity index (χ0n) is 19.1. The standard InChI is InChI=1S/C30H20ClFN2O2/c31-25-15-13-21(14-16-25)8-7-20-9-11-22(12-10-20)18-34-19-24-4-2-6-27(28(24)30(34)35)36-29-23(17-33)3-1-5-26(29)32/h1-16H,18-19H2/b8-7+. The fraction of sp³-hybridized carbons (Fsp3) is 0.0667. The molecule has 176 valence electrons. The van der Waals surface area contributed by atoms with Crippen molar-refractivity contribution >= 4 is 29.7 Å². The number of carbonyl (C=O) groups excluding carboxylic acids is 1. The lowest BCUT2D eigenvalue weighted by atomic mass is 10.1. The molecular formula is C30H20ClFN2O2. The summed E-state index contributed by atoms with van der Waals surface area (Å²) in [5.41, 5.74) is 4.35. The van der Waals surface area contributed by atoms with E-state index in [1.54, 1.807) is 17.0 Å². The number of rotatable bonds is 6. The molecule has 0 saturated heterocycles. The van der Waals surface area contributed by atoms with Gasteiger partial charge in [-0.3, -0.25) is 4.79 Å². The van der Waals surface area contributed by atoms with Crippen molar-refractivity contribution in [3.05, 3.63) is 129 Å². The van der Waals surface area contributed by atoms with Gasteiger partial charge in [-0.1, -0.05) is 78.4 Å². The van der Waals surface area contributed by atoms with Gasteiger partial charge in [-0.2, -0.15) is 5.26 Å². The minimum atomic E-state index is -0.654. The number of nitrogens with zero attached hydrogens (tertiary/aromatic N) is 2. The number of hydrogen-bond donors (Lipinski definition) is 0. The first kappa shape index (κ1) is 23.3. The van der Waals surface area contributed by atoms with Gasteiger partial charge in [0, 0.05) is 18.1 Å². The van der Waals surface area contributed by atoms with Crippen LogP contribution in [0.25, 0.3) is 12.2 Å². The molecule has 36 heavy (non-hydrogen) atoms. The summed E-state index contributed by atoms with van der Waals surface area (Å²) in [7, 11) is 0. The lowest BCUT2D eigenvalue weighted by Crippen LogP contribution is -2.23. The summed E-state index contributed by atoms with van der Waals surface area (Å²) in [5.74, 6) is -0.785. The van der Waals surface area contributed by atoms with E-state index in [2.05, 4.69) is 0 Å². The van der Waals surface area contributed by atoms with Crippen molar-refractivity contribution in [2.75, 3.05) is 0 Å². The Morgan fingerprint density at radius 1 is 0.944 bits per heavy atom. The van der Waals surface area contributed by atoms with E-state index in [0.29, 0.717) is 23.7 Å². The number of nitriles is 1. The highest BCUT2D eigenvalue weighted by Gasteiger charge is 2.31. The van der Waals surface area contributed by atoms with Crippen LogP contribution in [0.15, 0.2) is 84.9 Å². The molecule has 4 nitrogen and oxygen atoms in total. The van der Waals surface area contributed by atoms with Crippen molar-refractivity contribution in [1.29, 1.82) is 5.26 Å². The summed E-state index contributed by atoms with van der Waals surface area (Å²) in [5, 5.41) is 10.0. The number of fused-ring (bicyclic) bond motifs is 1. The first-order chi connectivity index (χ1) is 17.5. The summed E-state index contributed by atoms with van der Waals surface area (Å²) in [4.78, 5) is 15.0. The van der Waals surface area contributed by atoms with Crippen LogP contribution in [0.5, 0.6) is 11.5 Å². The van der Waals surface area contributed by atoms with Crippen LogP contribution in [0, 0.1) is 17.1 Å². The van der Waals surface area contributed by atoms with Crippen molar-refractivity contribution in [2.24, 2.45) is 0 Å². The molecule has 0 aromatic heterocycles. The SMILES string of the molecule is N#Cc1cccc(F)c1Oc1cccc2c1C(=O)N(Cc1ccc(/C=C/c3ccc(Cl)cc3)cc1)C2. The zero-order valence-corrected chi connectivity index (χ0v) is 19.9. The molecule has 1 heterocycles. The summed E-state index contributed by atoms with van der Waals surface area (Å²) in [6.45, 7) is 0.850. The third-order valence-corrected chi connectivity index (χ3v) is 6.22. The van der Waals surface area contributed by atoms with Crippen molar-refractivity contribution in [1.82, 2.24) is 4.90 Å². The first-order valence-electron chi connectivity index (χ1n) is 11.3. The Labute approximate surface area is 213 Å². The number of para-hydroxylation sites is 1. The summed E-state index contributed by atoms with van der Waals surface area (Å²) >= 11 is 5.93. The molecule has 0 aliphatic carbocycles. The lowest BCUT2D eigenvalue weighted by Gasteiger charge is -2.16. The molecule has 0 fully saturated rings. The quantitative estimate of drug-likeness (QED) is 0.261. The van der Waals surface area contributed by atoms with E-state index in [9.17, 15) is 14.4 Å². The second kappa shape index (κ2) is 10.1. The van der Waals surface area contributed by atoms with Crippen LogP contribution in [-0.2, 0) is 13.1 Å². The maximum absolute atomic E-state index is 14.4. The van der Waals surface area contributed by atoms with Crippen LogP contribution < -0.4 is 4.74 Å². The zero-order chi connectivity index (χ0) is 25.1. The second-order valence-corrected chi connectivity index (χ2v) is 8.84. The van der Waals surface area contributed by atoms with Gasteiger partial charge in [0.15, 0.2) is 11.6 Å². The summed E-state index contributed by atoms with van der Waals surface area (Å²) in [6, 6.07) is 26.9. The van der Waals surface area contributed by atoms with Crippen molar-refractivity contribution in [3.63, 3.8) is 0 Å². The highest BCUT2D eigenvalue weighted by atomic mass is 35.5. The number of hydrogen-bond acceptors (Lipinski definition) is 3. The van der Waals surface area contributed by atoms with Gasteiger partial charge in [0.05, 0.1) is 11.1 Å². The summed E-state index contributed by atoms with van der Waals surface area (Å²) < 4.78 is 20.1. The molecule has 1 amide bonds. The van der Waals surface area contributed by atoms with Gasteiger partial charge in [-0.15, -0.1) is 0 Å². The van der Waals surface area contributed by atoms with Gasteiger partial charge in [0.2, 0.25) is 0 Å². The average Bonchev–Trinajstić information content (AvgIpc) is 3.21. The fourth-order valence-corrected chi connectivity index (χ4v) is 4.26. The number of benzene rings is 4. The largest absolute Gasteiger partial charge is 0.452 e. The Morgan fingerprint density at radius 2 is 1.61 bits per heavy atom.